The Labute approximate surface area is 239 Å². The highest BCUT2D eigenvalue weighted by Crippen LogP contribution is 2.26. The molecule has 0 saturated heterocycles. The molecule has 0 saturated carbocycles. The molecule has 204 valence electrons. The molecule has 0 aliphatic heterocycles. The van der Waals surface area contributed by atoms with E-state index in [4.69, 9.17) is 28.3 Å². The summed E-state index contributed by atoms with van der Waals surface area (Å²) in [5.41, 5.74) is 4.02. The van der Waals surface area contributed by atoms with Crippen molar-refractivity contribution in [2.45, 2.75) is 45.7 Å². The number of halogens is 2. The summed E-state index contributed by atoms with van der Waals surface area (Å²) < 4.78 is 0. The molecule has 0 atom stereocenters. The average Bonchev–Trinajstić information content (AvgIpc) is 2.88. The minimum absolute atomic E-state index is 0.0205. The molecule has 0 spiro atoms. The van der Waals surface area contributed by atoms with E-state index in [0.717, 1.165) is 11.1 Å². The Hall–Kier alpha value is -3.61. The molecule has 6 nitrogen and oxygen atoms in total. The second-order valence-corrected chi connectivity index (χ2v) is 11.0. The molecule has 0 radical (unpaired) electrons. The van der Waals surface area contributed by atoms with Gasteiger partial charge in [0.2, 0.25) is 5.91 Å². The van der Waals surface area contributed by atoms with E-state index in [9.17, 15) is 14.4 Å². The van der Waals surface area contributed by atoms with Crippen LogP contribution in [0.15, 0.2) is 72.8 Å². The molecule has 0 aliphatic rings. The van der Waals surface area contributed by atoms with Crippen molar-refractivity contribution in [3.05, 3.63) is 111 Å². The molecule has 0 fully saturated rings. The third-order valence-electron chi connectivity index (χ3n) is 6.11. The van der Waals surface area contributed by atoms with Gasteiger partial charge in [0.1, 0.15) is 0 Å². The lowest BCUT2D eigenvalue weighted by atomic mass is 9.87. The smallest absolute Gasteiger partial charge is 0.305 e. The highest BCUT2D eigenvalue weighted by Gasteiger charge is 2.16. The summed E-state index contributed by atoms with van der Waals surface area (Å²) in [7, 11) is 0. The zero-order chi connectivity index (χ0) is 28.6. The van der Waals surface area contributed by atoms with Gasteiger partial charge in [0, 0.05) is 46.9 Å². The van der Waals surface area contributed by atoms with E-state index in [-0.39, 0.29) is 30.2 Å². The minimum Gasteiger partial charge on any atom is -0.481 e. The first kappa shape index (κ1) is 29.9. The topological polar surface area (TPSA) is 86.7 Å². The predicted molar refractivity (Wildman–Crippen MR) is 156 cm³/mol. The number of carbonyl (C=O) groups is 3. The number of carboxylic acid groups (broad SMARTS) is 1. The fourth-order valence-electron chi connectivity index (χ4n) is 3.84. The second kappa shape index (κ2) is 13.5. The number of carboxylic acids is 1. The van der Waals surface area contributed by atoms with Gasteiger partial charge in [-0.15, -0.1) is 0 Å². The zero-order valence-electron chi connectivity index (χ0n) is 22.2. The van der Waals surface area contributed by atoms with Gasteiger partial charge in [-0.1, -0.05) is 86.4 Å². The Kier molecular flexibility index (Phi) is 10.3. The fourth-order valence-corrected chi connectivity index (χ4v) is 4.36. The van der Waals surface area contributed by atoms with Crippen molar-refractivity contribution in [2.24, 2.45) is 0 Å². The van der Waals surface area contributed by atoms with Gasteiger partial charge in [-0.2, -0.15) is 0 Å². The molecule has 0 heterocycles. The Morgan fingerprint density at radius 1 is 0.872 bits per heavy atom. The maximum atomic E-state index is 13.4. The number of amides is 2. The average molecular weight is 568 g/mol. The fraction of sp³-hybridized carbons (Fsp3) is 0.258. The molecule has 3 rings (SSSR count). The van der Waals surface area contributed by atoms with Crippen LogP contribution in [0.5, 0.6) is 0 Å². The van der Waals surface area contributed by atoms with E-state index < -0.39 is 5.97 Å². The van der Waals surface area contributed by atoms with Crippen LogP contribution in [0.1, 0.15) is 59.8 Å². The van der Waals surface area contributed by atoms with E-state index in [0.29, 0.717) is 34.3 Å². The summed E-state index contributed by atoms with van der Waals surface area (Å²) >= 11 is 12.5. The second-order valence-electron chi connectivity index (χ2n) is 10.2. The molecule has 0 aliphatic carbocycles. The lowest BCUT2D eigenvalue weighted by Crippen LogP contribution is -2.29. The summed E-state index contributed by atoms with van der Waals surface area (Å²) in [5, 5.41) is 12.2. The van der Waals surface area contributed by atoms with E-state index in [1.54, 1.807) is 53.4 Å². The SMILES string of the molecule is CC(C)(C)c1ccc(CN(Cc2ccc(C(=O)NCCC(=O)O)cc2)C(=O)/C=C/c2c(Cl)cccc2Cl)cc1. The summed E-state index contributed by atoms with van der Waals surface area (Å²) in [6, 6.07) is 20.3. The van der Waals surface area contributed by atoms with Crippen LogP contribution in [0.3, 0.4) is 0 Å². The van der Waals surface area contributed by atoms with Gasteiger partial charge in [-0.25, -0.2) is 0 Å². The zero-order valence-corrected chi connectivity index (χ0v) is 23.7. The van der Waals surface area contributed by atoms with Gasteiger partial charge < -0.3 is 15.3 Å². The maximum absolute atomic E-state index is 13.4. The molecule has 2 N–H and O–H groups in total. The largest absolute Gasteiger partial charge is 0.481 e. The van der Waals surface area contributed by atoms with Crippen LogP contribution in [0.4, 0.5) is 0 Å². The Morgan fingerprint density at radius 2 is 1.41 bits per heavy atom. The first-order valence-electron chi connectivity index (χ1n) is 12.5. The standard InChI is InChI=1S/C31H32Cl2N2O4/c1-31(2,3)24-13-9-22(10-14-24)20-35(28(36)16-15-25-26(32)5-4-6-27(25)33)19-21-7-11-23(12-8-21)30(39)34-18-17-29(37)38/h4-16H,17-20H2,1-3H3,(H,34,39)(H,37,38)/b16-15+. The number of aliphatic carboxylic acids is 1. The molecule has 0 aromatic heterocycles. The maximum Gasteiger partial charge on any atom is 0.305 e. The van der Waals surface area contributed by atoms with Crippen molar-refractivity contribution in [1.82, 2.24) is 10.2 Å². The number of benzene rings is 3. The predicted octanol–water partition coefficient (Wildman–Crippen LogP) is 6.74. The molecular formula is C31H32Cl2N2O4. The van der Waals surface area contributed by atoms with Crippen LogP contribution in [0, 0.1) is 0 Å². The molecule has 0 unspecified atom stereocenters. The van der Waals surface area contributed by atoms with Crippen LogP contribution in [-0.2, 0) is 28.1 Å². The van der Waals surface area contributed by atoms with Crippen molar-refractivity contribution in [3.63, 3.8) is 0 Å². The minimum atomic E-state index is -0.977. The Balaban J connectivity index is 1.80. The third kappa shape index (κ3) is 8.98. The van der Waals surface area contributed by atoms with E-state index in [1.165, 1.54) is 11.6 Å². The third-order valence-corrected chi connectivity index (χ3v) is 6.77. The van der Waals surface area contributed by atoms with Gasteiger partial charge in [0.15, 0.2) is 0 Å². The molecule has 39 heavy (non-hydrogen) atoms. The molecule has 3 aromatic carbocycles. The number of rotatable bonds is 10. The van der Waals surface area contributed by atoms with Crippen LogP contribution in [0.2, 0.25) is 10.0 Å². The van der Waals surface area contributed by atoms with Crippen LogP contribution in [-0.4, -0.2) is 34.3 Å². The van der Waals surface area contributed by atoms with E-state index in [2.05, 4.69) is 38.2 Å². The lowest BCUT2D eigenvalue weighted by Gasteiger charge is -2.23. The van der Waals surface area contributed by atoms with Crippen molar-refractivity contribution < 1.29 is 19.5 Å². The summed E-state index contributed by atoms with van der Waals surface area (Å²) in [6.45, 7) is 7.19. The number of nitrogens with zero attached hydrogens (tertiary/aromatic N) is 1. The van der Waals surface area contributed by atoms with Gasteiger partial charge in [-0.3, -0.25) is 14.4 Å². The van der Waals surface area contributed by atoms with Crippen molar-refractivity contribution in [3.8, 4) is 0 Å². The Morgan fingerprint density at radius 3 is 1.92 bits per heavy atom. The van der Waals surface area contributed by atoms with Crippen molar-refractivity contribution >= 4 is 47.1 Å². The number of nitrogens with one attached hydrogen (secondary N) is 1. The van der Waals surface area contributed by atoms with Gasteiger partial charge in [0.25, 0.3) is 5.91 Å². The monoisotopic (exact) mass is 566 g/mol. The number of hydrogen-bond acceptors (Lipinski definition) is 3. The normalized spacial score (nSPS) is 11.4. The van der Waals surface area contributed by atoms with Crippen LogP contribution >= 0.6 is 23.2 Å². The van der Waals surface area contributed by atoms with Gasteiger partial charge >= 0.3 is 5.97 Å². The first-order chi connectivity index (χ1) is 18.4. The quantitative estimate of drug-likeness (QED) is 0.266. The molecule has 0 bridgehead atoms. The lowest BCUT2D eigenvalue weighted by molar-refractivity contribution is -0.136. The van der Waals surface area contributed by atoms with Crippen molar-refractivity contribution in [2.75, 3.05) is 6.54 Å². The van der Waals surface area contributed by atoms with Gasteiger partial charge in [-0.05, 0) is 52.4 Å². The number of hydrogen-bond donors (Lipinski definition) is 2. The van der Waals surface area contributed by atoms with Crippen LogP contribution in [0.25, 0.3) is 6.08 Å². The van der Waals surface area contributed by atoms with Gasteiger partial charge in [0.05, 0.1) is 6.42 Å². The molecule has 8 heteroatoms. The summed E-state index contributed by atoms with van der Waals surface area (Å²) in [6.07, 6.45) is 2.93. The van der Waals surface area contributed by atoms with Crippen molar-refractivity contribution in [1.29, 1.82) is 0 Å². The molecule has 2 amide bonds. The summed E-state index contributed by atoms with van der Waals surface area (Å²) in [4.78, 5) is 38.0. The van der Waals surface area contributed by atoms with Crippen LogP contribution < -0.4 is 5.32 Å². The molecular weight excluding hydrogens is 535 g/mol. The highest BCUT2D eigenvalue weighted by atomic mass is 35.5. The van der Waals surface area contributed by atoms with E-state index >= 15 is 0 Å². The highest BCUT2D eigenvalue weighted by molar-refractivity contribution is 6.37. The summed E-state index contributed by atoms with van der Waals surface area (Å²) in [5.74, 6) is -1.55. The van der Waals surface area contributed by atoms with E-state index in [1.807, 2.05) is 12.1 Å². The number of carbonyl (C=O) groups excluding carboxylic acids is 2. The first-order valence-corrected chi connectivity index (χ1v) is 13.3. The Bertz CT molecular complexity index is 1320. The molecule has 3 aromatic rings.